The van der Waals surface area contributed by atoms with Gasteiger partial charge >= 0.3 is 0 Å². The molecule has 142 valence electrons. The molecule has 0 aliphatic carbocycles. The number of methoxy groups -OCH3 is 1. The van der Waals surface area contributed by atoms with Crippen molar-refractivity contribution in [3.63, 3.8) is 0 Å². The quantitative estimate of drug-likeness (QED) is 0.336. The minimum absolute atomic E-state index is 0.0497. The van der Waals surface area contributed by atoms with Gasteiger partial charge in [0.25, 0.3) is 0 Å². The third-order valence-corrected chi connectivity index (χ3v) is 3.41. The van der Waals surface area contributed by atoms with E-state index in [0.29, 0.717) is 31.4 Å². The Morgan fingerprint density at radius 3 is 2.80 bits per heavy atom. The van der Waals surface area contributed by atoms with E-state index in [4.69, 9.17) is 25.8 Å². The molecule has 7 heteroatoms. The number of rotatable bonds is 12. The van der Waals surface area contributed by atoms with Crippen LogP contribution in [0.3, 0.4) is 0 Å². The molecule has 25 heavy (non-hydrogen) atoms. The lowest BCUT2D eigenvalue weighted by atomic mass is 10.3. The highest BCUT2D eigenvalue weighted by atomic mass is 35.5. The van der Waals surface area contributed by atoms with Crippen LogP contribution in [-0.2, 0) is 9.47 Å². The third kappa shape index (κ3) is 10.9. The smallest absolute Gasteiger partial charge is 0.191 e. The number of nitrogens with zero attached hydrogens (tertiary/aromatic N) is 1. The summed E-state index contributed by atoms with van der Waals surface area (Å²) in [5.74, 6) is 1.53. The summed E-state index contributed by atoms with van der Waals surface area (Å²) in [6, 6.07) is 7.38. The van der Waals surface area contributed by atoms with Crippen molar-refractivity contribution in [3.8, 4) is 5.75 Å². The predicted molar refractivity (Wildman–Crippen MR) is 103 cm³/mol. The summed E-state index contributed by atoms with van der Waals surface area (Å²) < 4.78 is 16.2. The summed E-state index contributed by atoms with van der Waals surface area (Å²) in [6.45, 7) is 8.12. The van der Waals surface area contributed by atoms with E-state index in [9.17, 15) is 0 Å². The van der Waals surface area contributed by atoms with Gasteiger partial charge in [0.1, 0.15) is 11.9 Å². The molecule has 0 aromatic heterocycles. The van der Waals surface area contributed by atoms with Gasteiger partial charge in [-0.05, 0) is 38.5 Å². The van der Waals surface area contributed by atoms with Crippen molar-refractivity contribution in [3.05, 3.63) is 29.3 Å². The third-order valence-electron chi connectivity index (χ3n) is 3.17. The summed E-state index contributed by atoms with van der Waals surface area (Å²) in [5.41, 5.74) is 0. The van der Waals surface area contributed by atoms with Crippen molar-refractivity contribution in [2.24, 2.45) is 4.99 Å². The first-order valence-electron chi connectivity index (χ1n) is 8.66. The molecule has 0 bridgehead atoms. The first kappa shape index (κ1) is 21.5. The molecular weight excluding hydrogens is 342 g/mol. The molecule has 0 aliphatic heterocycles. The molecule has 1 rings (SSSR count). The Labute approximate surface area is 155 Å². The van der Waals surface area contributed by atoms with Gasteiger partial charge in [0.05, 0.1) is 19.8 Å². The zero-order valence-corrected chi connectivity index (χ0v) is 16.1. The van der Waals surface area contributed by atoms with Crippen LogP contribution in [0.5, 0.6) is 5.75 Å². The standard InChI is InChI=1S/C18H30ClN3O3/c1-4-20-18(21-9-6-10-24-12-11-23-3)22-14-15(2)25-17-8-5-7-16(19)13-17/h5,7-8,13,15H,4,6,9-12,14H2,1-3H3,(H2,20,21,22). The fourth-order valence-electron chi connectivity index (χ4n) is 2.00. The summed E-state index contributed by atoms with van der Waals surface area (Å²) in [4.78, 5) is 4.55. The van der Waals surface area contributed by atoms with E-state index in [-0.39, 0.29) is 6.10 Å². The van der Waals surface area contributed by atoms with Crippen LogP contribution in [0.4, 0.5) is 0 Å². The van der Waals surface area contributed by atoms with Gasteiger partial charge in [-0.2, -0.15) is 0 Å². The fourth-order valence-corrected chi connectivity index (χ4v) is 2.18. The largest absolute Gasteiger partial charge is 0.489 e. The zero-order chi connectivity index (χ0) is 18.3. The van der Waals surface area contributed by atoms with Crippen LogP contribution in [0, 0.1) is 0 Å². The highest BCUT2D eigenvalue weighted by Gasteiger charge is 2.05. The van der Waals surface area contributed by atoms with E-state index < -0.39 is 0 Å². The number of benzene rings is 1. The topological polar surface area (TPSA) is 64.1 Å². The summed E-state index contributed by atoms with van der Waals surface area (Å²) in [5, 5.41) is 7.18. The van der Waals surface area contributed by atoms with Crippen LogP contribution in [0.2, 0.25) is 5.02 Å². The van der Waals surface area contributed by atoms with Crippen LogP contribution >= 0.6 is 11.6 Å². The highest BCUT2D eigenvalue weighted by Crippen LogP contribution is 2.18. The van der Waals surface area contributed by atoms with E-state index in [1.165, 1.54) is 0 Å². The minimum atomic E-state index is -0.0497. The Morgan fingerprint density at radius 2 is 2.08 bits per heavy atom. The lowest BCUT2D eigenvalue weighted by Gasteiger charge is -2.15. The number of ether oxygens (including phenoxy) is 3. The predicted octanol–water partition coefficient (Wildman–Crippen LogP) is 2.72. The molecule has 0 heterocycles. The molecule has 2 N–H and O–H groups in total. The number of halogens is 1. The van der Waals surface area contributed by atoms with Gasteiger partial charge in [-0.25, -0.2) is 4.99 Å². The summed E-state index contributed by atoms with van der Waals surface area (Å²) >= 11 is 5.96. The Morgan fingerprint density at radius 1 is 1.24 bits per heavy atom. The molecule has 0 fully saturated rings. The molecule has 0 aliphatic rings. The first-order valence-corrected chi connectivity index (χ1v) is 9.04. The Kier molecular flexibility index (Phi) is 11.9. The van der Waals surface area contributed by atoms with E-state index in [0.717, 1.165) is 31.2 Å². The lowest BCUT2D eigenvalue weighted by molar-refractivity contribution is 0.0698. The summed E-state index contributed by atoms with van der Waals surface area (Å²) in [7, 11) is 1.67. The molecule has 1 aromatic carbocycles. The number of aliphatic imine (C=N–C) groups is 1. The maximum atomic E-state index is 5.96. The van der Waals surface area contributed by atoms with E-state index in [2.05, 4.69) is 15.6 Å². The van der Waals surface area contributed by atoms with Gasteiger partial charge in [-0.3, -0.25) is 0 Å². The lowest BCUT2D eigenvalue weighted by Crippen LogP contribution is -2.38. The van der Waals surface area contributed by atoms with Crippen LogP contribution in [0.15, 0.2) is 29.3 Å². The second-order valence-corrected chi connectivity index (χ2v) is 5.93. The number of hydrogen-bond acceptors (Lipinski definition) is 4. The van der Waals surface area contributed by atoms with Crippen LogP contribution in [0.25, 0.3) is 0 Å². The maximum Gasteiger partial charge on any atom is 0.191 e. The van der Waals surface area contributed by atoms with Gasteiger partial charge in [-0.1, -0.05) is 17.7 Å². The molecule has 0 amide bonds. The Hall–Kier alpha value is -1.50. The van der Waals surface area contributed by atoms with Crippen LogP contribution < -0.4 is 15.4 Å². The van der Waals surface area contributed by atoms with Crippen molar-refractivity contribution >= 4 is 17.6 Å². The summed E-state index contributed by atoms with van der Waals surface area (Å²) in [6.07, 6.45) is 0.856. The Balaban J connectivity index is 2.31. The van der Waals surface area contributed by atoms with Crippen molar-refractivity contribution in [1.82, 2.24) is 10.6 Å². The molecule has 1 atom stereocenters. The normalized spacial score (nSPS) is 12.7. The van der Waals surface area contributed by atoms with Crippen molar-refractivity contribution < 1.29 is 14.2 Å². The maximum absolute atomic E-state index is 5.96. The number of nitrogens with one attached hydrogen (secondary N) is 2. The van der Waals surface area contributed by atoms with E-state index >= 15 is 0 Å². The Bertz CT molecular complexity index is 500. The van der Waals surface area contributed by atoms with E-state index in [1.54, 1.807) is 13.2 Å². The number of guanidine groups is 1. The van der Waals surface area contributed by atoms with Gasteiger partial charge in [0.2, 0.25) is 0 Å². The molecule has 0 spiro atoms. The van der Waals surface area contributed by atoms with Crippen LogP contribution in [0.1, 0.15) is 20.3 Å². The first-order chi connectivity index (χ1) is 12.2. The molecule has 0 saturated heterocycles. The van der Waals surface area contributed by atoms with Gasteiger partial charge in [0, 0.05) is 31.8 Å². The monoisotopic (exact) mass is 371 g/mol. The molecule has 0 radical (unpaired) electrons. The number of hydrogen-bond donors (Lipinski definition) is 2. The van der Waals surface area contributed by atoms with E-state index in [1.807, 2.05) is 32.0 Å². The average Bonchev–Trinajstić information content (AvgIpc) is 2.58. The minimum Gasteiger partial charge on any atom is -0.489 e. The molecule has 6 nitrogen and oxygen atoms in total. The van der Waals surface area contributed by atoms with Crippen molar-refractivity contribution in [2.45, 2.75) is 26.4 Å². The van der Waals surface area contributed by atoms with Gasteiger partial charge in [0.15, 0.2) is 5.96 Å². The van der Waals surface area contributed by atoms with Crippen LogP contribution in [-0.4, -0.2) is 58.6 Å². The molecule has 1 aromatic rings. The van der Waals surface area contributed by atoms with Gasteiger partial charge in [-0.15, -0.1) is 0 Å². The molecule has 1 unspecified atom stereocenters. The molecule has 0 saturated carbocycles. The highest BCUT2D eigenvalue weighted by molar-refractivity contribution is 6.30. The second kappa shape index (κ2) is 13.8. The van der Waals surface area contributed by atoms with Crippen molar-refractivity contribution in [2.75, 3.05) is 46.6 Å². The van der Waals surface area contributed by atoms with Gasteiger partial charge < -0.3 is 24.8 Å². The van der Waals surface area contributed by atoms with Crippen molar-refractivity contribution in [1.29, 1.82) is 0 Å². The SMILES string of the molecule is CCNC(=NCC(C)Oc1cccc(Cl)c1)NCCCOCCOC. The fraction of sp³-hybridized carbons (Fsp3) is 0.611. The molecular formula is C18H30ClN3O3. The average molecular weight is 372 g/mol. The second-order valence-electron chi connectivity index (χ2n) is 5.49. The zero-order valence-electron chi connectivity index (χ0n) is 15.4.